The monoisotopic (exact) mass is 404 g/mol. The average Bonchev–Trinajstić information content (AvgIpc) is 3.20. The Balaban J connectivity index is 1.65. The Labute approximate surface area is 168 Å². The van der Waals surface area contributed by atoms with Gasteiger partial charge < -0.3 is 14.5 Å². The molecule has 1 amide bonds. The number of nitrogens with one attached hydrogen (secondary N) is 1. The van der Waals surface area contributed by atoms with Crippen LogP contribution in [0.25, 0.3) is 6.08 Å². The first kappa shape index (κ1) is 19.5. The van der Waals surface area contributed by atoms with Crippen molar-refractivity contribution in [2.75, 3.05) is 6.54 Å². The van der Waals surface area contributed by atoms with Gasteiger partial charge in [-0.25, -0.2) is 0 Å². The van der Waals surface area contributed by atoms with E-state index in [-0.39, 0.29) is 12.5 Å². The summed E-state index contributed by atoms with van der Waals surface area (Å²) in [4.78, 5) is 14.0. The Morgan fingerprint density at radius 1 is 1.33 bits per heavy atom. The van der Waals surface area contributed by atoms with E-state index in [9.17, 15) is 4.79 Å². The lowest BCUT2D eigenvalue weighted by atomic mass is 10.2. The number of carbonyl (C=O) groups is 1. The summed E-state index contributed by atoms with van der Waals surface area (Å²) < 4.78 is 11.5. The molecule has 3 rings (SSSR count). The van der Waals surface area contributed by atoms with Crippen LogP contribution in [0.5, 0.6) is 5.75 Å². The Morgan fingerprint density at radius 2 is 2.15 bits per heavy atom. The van der Waals surface area contributed by atoms with Gasteiger partial charge in [-0.3, -0.25) is 9.69 Å². The first-order valence-corrected chi connectivity index (χ1v) is 9.59. The number of amides is 1. The summed E-state index contributed by atoms with van der Waals surface area (Å²) in [6.45, 7) is 4.87. The van der Waals surface area contributed by atoms with E-state index in [1.807, 2.05) is 31.2 Å². The van der Waals surface area contributed by atoms with Gasteiger partial charge in [-0.15, -0.1) is 0 Å². The second-order valence-corrected chi connectivity index (χ2v) is 7.05. The van der Waals surface area contributed by atoms with E-state index in [0.29, 0.717) is 39.6 Å². The maximum absolute atomic E-state index is 12.4. The van der Waals surface area contributed by atoms with Crippen LogP contribution in [-0.2, 0) is 11.4 Å². The third-order valence-corrected chi connectivity index (χ3v) is 4.99. The van der Waals surface area contributed by atoms with Gasteiger partial charge in [-0.05, 0) is 49.8 Å². The van der Waals surface area contributed by atoms with Crippen LogP contribution in [0.3, 0.4) is 0 Å². The van der Waals surface area contributed by atoms with Crippen LogP contribution >= 0.6 is 23.8 Å². The van der Waals surface area contributed by atoms with Gasteiger partial charge in [0.1, 0.15) is 29.6 Å². The molecule has 1 saturated heterocycles. The van der Waals surface area contributed by atoms with E-state index >= 15 is 0 Å². The summed E-state index contributed by atoms with van der Waals surface area (Å²) in [6.07, 6.45) is 3.57. The quantitative estimate of drug-likeness (QED) is 0.536. The highest BCUT2D eigenvalue weighted by atomic mass is 35.5. The molecule has 0 spiro atoms. The maximum atomic E-state index is 12.4. The number of ether oxygens (including phenoxy) is 1. The summed E-state index contributed by atoms with van der Waals surface area (Å²) in [6, 6.07) is 9.14. The molecular weight excluding hydrogens is 384 g/mol. The van der Waals surface area contributed by atoms with Gasteiger partial charge >= 0.3 is 0 Å². The number of rotatable bonds is 7. The summed E-state index contributed by atoms with van der Waals surface area (Å²) in [5.41, 5.74) is 1.30. The Kier molecular flexibility index (Phi) is 6.19. The predicted molar refractivity (Wildman–Crippen MR) is 110 cm³/mol. The second-order valence-electron chi connectivity index (χ2n) is 6.25. The third-order valence-electron chi connectivity index (χ3n) is 4.25. The molecule has 142 valence electrons. The molecule has 1 aliphatic rings. The number of carbonyl (C=O) groups excluding carboxylic acids is 1. The summed E-state index contributed by atoms with van der Waals surface area (Å²) in [5.74, 6) is 1.80. The molecule has 0 unspecified atom stereocenters. The Bertz CT molecular complexity index is 891. The molecule has 0 radical (unpaired) electrons. The van der Waals surface area contributed by atoms with Crippen molar-refractivity contribution in [3.8, 4) is 5.75 Å². The number of furan rings is 1. The molecule has 1 aromatic carbocycles. The minimum absolute atomic E-state index is 0.128. The van der Waals surface area contributed by atoms with E-state index in [2.05, 4.69) is 12.2 Å². The molecule has 27 heavy (non-hydrogen) atoms. The molecule has 0 aliphatic carbocycles. The van der Waals surface area contributed by atoms with Gasteiger partial charge in [0.15, 0.2) is 5.11 Å². The van der Waals surface area contributed by atoms with Gasteiger partial charge in [0.25, 0.3) is 5.91 Å². The largest absolute Gasteiger partial charge is 0.485 e. The van der Waals surface area contributed by atoms with Crippen molar-refractivity contribution >= 4 is 40.9 Å². The van der Waals surface area contributed by atoms with Gasteiger partial charge in [0.05, 0.1) is 0 Å². The molecule has 2 aromatic rings. The number of halogens is 1. The van der Waals surface area contributed by atoms with Crippen molar-refractivity contribution < 1.29 is 13.9 Å². The minimum Gasteiger partial charge on any atom is -0.485 e. The van der Waals surface area contributed by atoms with Crippen LogP contribution in [0.2, 0.25) is 5.02 Å². The van der Waals surface area contributed by atoms with E-state index in [1.165, 1.54) is 0 Å². The number of hydrogen-bond donors (Lipinski definition) is 1. The maximum Gasteiger partial charge on any atom is 0.276 e. The lowest BCUT2D eigenvalue weighted by Crippen LogP contribution is -2.31. The number of hydrogen-bond acceptors (Lipinski definition) is 4. The molecule has 7 heteroatoms. The molecule has 5 nitrogen and oxygen atoms in total. The van der Waals surface area contributed by atoms with Crippen LogP contribution in [0.4, 0.5) is 0 Å². The zero-order valence-corrected chi connectivity index (χ0v) is 16.8. The van der Waals surface area contributed by atoms with E-state index in [1.54, 1.807) is 17.0 Å². The first-order chi connectivity index (χ1) is 13.0. The zero-order chi connectivity index (χ0) is 19.4. The van der Waals surface area contributed by atoms with Gasteiger partial charge in [0, 0.05) is 23.2 Å². The first-order valence-electron chi connectivity index (χ1n) is 8.80. The zero-order valence-electron chi connectivity index (χ0n) is 15.3. The molecule has 1 N–H and O–H groups in total. The number of nitrogens with zero attached hydrogens (tertiary/aromatic N) is 1. The van der Waals surface area contributed by atoms with Gasteiger partial charge in [-0.2, -0.15) is 0 Å². The van der Waals surface area contributed by atoms with Crippen molar-refractivity contribution in [3.05, 3.63) is 58.1 Å². The topological polar surface area (TPSA) is 54.7 Å². The average molecular weight is 405 g/mol. The molecule has 0 saturated carbocycles. The molecule has 2 heterocycles. The third kappa shape index (κ3) is 4.51. The number of thiocarbonyl (C=S) groups is 1. The van der Waals surface area contributed by atoms with Crippen LogP contribution in [-0.4, -0.2) is 22.5 Å². The SMILES string of the molecule is CCCCN1C(=O)/C(=C\c2ccc(COc3cccc(Cl)c3C)o2)NC1=S. The van der Waals surface area contributed by atoms with E-state index in [4.69, 9.17) is 33.0 Å². The van der Waals surface area contributed by atoms with Crippen LogP contribution in [0.15, 0.2) is 40.4 Å². The van der Waals surface area contributed by atoms with Gasteiger partial charge in [0.2, 0.25) is 0 Å². The van der Waals surface area contributed by atoms with Gasteiger partial charge in [-0.1, -0.05) is 31.0 Å². The second kappa shape index (κ2) is 8.59. The van der Waals surface area contributed by atoms with E-state index in [0.717, 1.165) is 18.4 Å². The normalized spacial score (nSPS) is 15.5. The van der Waals surface area contributed by atoms with E-state index < -0.39 is 0 Å². The number of benzene rings is 1. The van der Waals surface area contributed by atoms with Crippen molar-refractivity contribution in [1.29, 1.82) is 0 Å². The molecule has 0 atom stereocenters. The fourth-order valence-corrected chi connectivity index (χ4v) is 3.13. The highest BCUT2D eigenvalue weighted by Crippen LogP contribution is 2.26. The number of unbranched alkanes of at least 4 members (excludes halogenated alkanes) is 1. The minimum atomic E-state index is -0.128. The Morgan fingerprint density at radius 3 is 2.93 bits per heavy atom. The smallest absolute Gasteiger partial charge is 0.276 e. The fourth-order valence-electron chi connectivity index (χ4n) is 2.68. The highest BCUT2D eigenvalue weighted by Gasteiger charge is 2.30. The lowest BCUT2D eigenvalue weighted by molar-refractivity contribution is -0.122. The molecular formula is C20H21ClN2O3S. The molecule has 1 aromatic heterocycles. The van der Waals surface area contributed by atoms with Crippen LogP contribution in [0.1, 0.15) is 36.8 Å². The van der Waals surface area contributed by atoms with Crippen molar-refractivity contribution in [2.45, 2.75) is 33.3 Å². The molecule has 1 fully saturated rings. The fraction of sp³-hybridized carbons (Fsp3) is 0.300. The highest BCUT2D eigenvalue weighted by molar-refractivity contribution is 7.80. The molecule has 1 aliphatic heterocycles. The van der Waals surface area contributed by atoms with Crippen molar-refractivity contribution in [3.63, 3.8) is 0 Å². The van der Waals surface area contributed by atoms with Crippen LogP contribution < -0.4 is 10.1 Å². The summed E-state index contributed by atoms with van der Waals surface area (Å²) >= 11 is 11.3. The van der Waals surface area contributed by atoms with Crippen molar-refractivity contribution in [2.24, 2.45) is 0 Å². The molecule has 0 bridgehead atoms. The summed E-state index contributed by atoms with van der Waals surface area (Å²) in [5, 5.41) is 4.05. The standard InChI is InChI=1S/C20H21ClN2O3S/c1-3-4-10-23-19(24)17(22-20(23)27)11-14-8-9-15(26-14)12-25-18-7-5-6-16(21)13(18)2/h5-9,11H,3-4,10,12H2,1-2H3,(H,22,27)/b17-11+. The lowest BCUT2D eigenvalue weighted by Gasteiger charge is -2.12. The Hall–Kier alpha value is -2.31. The summed E-state index contributed by atoms with van der Waals surface area (Å²) in [7, 11) is 0. The predicted octanol–water partition coefficient (Wildman–Crippen LogP) is 4.68. The van der Waals surface area contributed by atoms with Crippen LogP contribution in [0, 0.1) is 6.92 Å². The van der Waals surface area contributed by atoms with Crippen molar-refractivity contribution in [1.82, 2.24) is 10.2 Å².